The molecule has 0 aromatic carbocycles. The van der Waals surface area contributed by atoms with E-state index in [1.807, 2.05) is 17.8 Å². The van der Waals surface area contributed by atoms with Crippen molar-refractivity contribution in [3.63, 3.8) is 0 Å². The monoisotopic (exact) mass is 230 g/mol. The van der Waals surface area contributed by atoms with Crippen molar-refractivity contribution in [3.8, 4) is 0 Å². The molecule has 3 heteroatoms. The number of ether oxygens (including phenoxy) is 1. The van der Waals surface area contributed by atoms with Crippen LogP contribution in [0.15, 0.2) is 12.2 Å². The first-order valence-electron chi connectivity index (χ1n) is 5.58. The number of methoxy groups -OCH3 is 1. The largest absolute Gasteiger partial charge is 0.466 e. The third-order valence-corrected chi connectivity index (χ3v) is 3.29. The second-order valence-corrected chi connectivity index (χ2v) is 5.00. The van der Waals surface area contributed by atoms with Crippen LogP contribution in [0.3, 0.4) is 0 Å². The van der Waals surface area contributed by atoms with E-state index >= 15 is 0 Å². The Hall–Kier alpha value is -0.440. The Morgan fingerprint density at radius 3 is 2.73 bits per heavy atom. The fraction of sp³-hybridized carbons (Fsp3) is 0.750. The third kappa shape index (κ3) is 9.85. The van der Waals surface area contributed by atoms with Crippen LogP contribution in [0.5, 0.6) is 0 Å². The molecule has 0 bridgehead atoms. The molecule has 1 atom stereocenters. The summed E-state index contributed by atoms with van der Waals surface area (Å²) in [4.78, 5) is 10.8. The van der Waals surface area contributed by atoms with Gasteiger partial charge in [-0.3, -0.25) is 0 Å². The molecule has 0 N–H and O–H groups in total. The first kappa shape index (κ1) is 14.6. The van der Waals surface area contributed by atoms with Crippen molar-refractivity contribution < 1.29 is 9.53 Å². The summed E-state index contributed by atoms with van der Waals surface area (Å²) < 4.78 is 4.52. The zero-order valence-corrected chi connectivity index (χ0v) is 10.8. The van der Waals surface area contributed by atoms with E-state index in [1.54, 1.807) is 0 Å². The molecule has 0 aliphatic carbocycles. The van der Waals surface area contributed by atoms with Gasteiger partial charge in [0.25, 0.3) is 0 Å². The van der Waals surface area contributed by atoms with E-state index < -0.39 is 0 Å². The topological polar surface area (TPSA) is 26.3 Å². The summed E-state index contributed by atoms with van der Waals surface area (Å²) in [5.41, 5.74) is 0. The van der Waals surface area contributed by atoms with Crippen LogP contribution in [0.25, 0.3) is 0 Å². The first-order chi connectivity index (χ1) is 7.20. The van der Waals surface area contributed by atoms with E-state index in [4.69, 9.17) is 0 Å². The van der Waals surface area contributed by atoms with E-state index in [0.29, 0.717) is 5.25 Å². The molecule has 0 aliphatic rings. The van der Waals surface area contributed by atoms with E-state index in [0.717, 1.165) is 0 Å². The summed E-state index contributed by atoms with van der Waals surface area (Å²) >= 11 is 1.88. The lowest BCUT2D eigenvalue weighted by atomic mass is 10.2. The second kappa shape index (κ2) is 10.1. The van der Waals surface area contributed by atoms with Crippen molar-refractivity contribution >= 4 is 17.7 Å². The van der Waals surface area contributed by atoms with Gasteiger partial charge in [-0.2, -0.15) is 11.8 Å². The maximum Gasteiger partial charge on any atom is 0.330 e. The van der Waals surface area contributed by atoms with Gasteiger partial charge in [0.1, 0.15) is 0 Å². The van der Waals surface area contributed by atoms with Gasteiger partial charge in [-0.05, 0) is 19.1 Å². The van der Waals surface area contributed by atoms with Gasteiger partial charge in [0.15, 0.2) is 0 Å². The van der Waals surface area contributed by atoms with E-state index in [9.17, 15) is 4.79 Å². The minimum atomic E-state index is -0.270. The molecule has 0 spiro atoms. The summed E-state index contributed by atoms with van der Waals surface area (Å²) in [6.07, 6.45) is 8.60. The van der Waals surface area contributed by atoms with Crippen molar-refractivity contribution in [3.05, 3.63) is 12.2 Å². The van der Waals surface area contributed by atoms with Crippen molar-refractivity contribution in [2.45, 2.75) is 44.8 Å². The van der Waals surface area contributed by atoms with Crippen molar-refractivity contribution in [2.75, 3.05) is 12.9 Å². The smallest absolute Gasteiger partial charge is 0.330 e. The maximum absolute atomic E-state index is 10.8. The zero-order chi connectivity index (χ0) is 11.5. The molecular weight excluding hydrogens is 208 g/mol. The fourth-order valence-electron chi connectivity index (χ4n) is 1.14. The molecule has 2 nitrogen and oxygen atoms in total. The Kier molecular flexibility index (Phi) is 9.79. The molecule has 0 unspecified atom stereocenters. The summed E-state index contributed by atoms with van der Waals surface area (Å²) in [5, 5.41) is 0.394. The van der Waals surface area contributed by atoms with Gasteiger partial charge < -0.3 is 4.74 Å². The number of hydrogen-bond donors (Lipinski definition) is 0. The van der Waals surface area contributed by atoms with Crippen LogP contribution in [0, 0.1) is 0 Å². The van der Waals surface area contributed by atoms with Gasteiger partial charge in [-0.25, -0.2) is 4.79 Å². The molecule has 0 aromatic rings. The molecule has 0 amide bonds. The number of thioether (sulfide) groups is 1. The fourth-order valence-corrected chi connectivity index (χ4v) is 2.07. The van der Waals surface area contributed by atoms with Crippen LogP contribution in [-0.2, 0) is 9.53 Å². The SMILES string of the molecule is CCCCCCS[C@H](C)/C=C/C(=O)OC. The Morgan fingerprint density at radius 2 is 2.13 bits per heavy atom. The summed E-state index contributed by atoms with van der Waals surface area (Å²) in [5.74, 6) is 0.903. The Balaban J connectivity index is 3.44. The van der Waals surface area contributed by atoms with E-state index in [2.05, 4.69) is 18.6 Å². The highest BCUT2D eigenvalue weighted by Crippen LogP contribution is 2.14. The van der Waals surface area contributed by atoms with Crippen LogP contribution in [-0.4, -0.2) is 24.1 Å². The molecule has 88 valence electrons. The molecule has 0 fully saturated rings. The number of unbranched alkanes of at least 4 members (excludes halogenated alkanes) is 3. The predicted octanol–water partition coefficient (Wildman–Crippen LogP) is 3.42. The molecule has 0 saturated heterocycles. The van der Waals surface area contributed by atoms with Gasteiger partial charge in [0.05, 0.1) is 7.11 Å². The lowest BCUT2D eigenvalue weighted by molar-refractivity contribution is -0.134. The average Bonchev–Trinajstić information content (AvgIpc) is 2.25. The molecule has 15 heavy (non-hydrogen) atoms. The molecule has 0 radical (unpaired) electrons. The van der Waals surface area contributed by atoms with Crippen LogP contribution >= 0.6 is 11.8 Å². The highest BCUT2D eigenvalue weighted by atomic mass is 32.2. The minimum absolute atomic E-state index is 0.270. The first-order valence-corrected chi connectivity index (χ1v) is 6.63. The summed E-state index contributed by atoms with van der Waals surface area (Å²) in [6, 6.07) is 0. The Bertz CT molecular complexity index is 190. The lowest BCUT2D eigenvalue weighted by Crippen LogP contribution is -1.98. The van der Waals surface area contributed by atoms with E-state index in [-0.39, 0.29) is 5.97 Å². The number of esters is 1. The normalized spacial score (nSPS) is 13.0. The van der Waals surface area contributed by atoms with Gasteiger partial charge in [0.2, 0.25) is 0 Å². The quantitative estimate of drug-likeness (QED) is 0.363. The number of carbonyl (C=O) groups is 1. The predicted molar refractivity (Wildman–Crippen MR) is 67.2 cm³/mol. The lowest BCUT2D eigenvalue weighted by Gasteiger charge is -2.05. The minimum Gasteiger partial charge on any atom is -0.466 e. The Morgan fingerprint density at radius 1 is 1.40 bits per heavy atom. The van der Waals surface area contributed by atoms with Crippen molar-refractivity contribution in [1.29, 1.82) is 0 Å². The van der Waals surface area contributed by atoms with Gasteiger partial charge in [-0.1, -0.05) is 32.3 Å². The molecular formula is C12H22O2S. The number of carbonyl (C=O) groups excluding carboxylic acids is 1. The maximum atomic E-state index is 10.8. The van der Waals surface area contributed by atoms with E-state index in [1.165, 1.54) is 44.6 Å². The summed E-state index contributed by atoms with van der Waals surface area (Å²) in [6.45, 7) is 4.32. The van der Waals surface area contributed by atoms with Crippen LogP contribution < -0.4 is 0 Å². The van der Waals surface area contributed by atoms with Crippen LogP contribution in [0.4, 0.5) is 0 Å². The molecule has 0 rings (SSSR count). The van der Waals surface area contributed by atoms with Crippen LogP contribution in [0.2, 0.25) is 0 Å². The molecule has 0 heterocycles. The van der Waals surface area contributed by atoms with Crippen molar-refractivity contribution in [1.82, 2.24) is 0 Å². The third-order valence-electron chi connectivity index (χ3n) is 2.08. The standard InChI is InChI=1S/C12H22O2S/c1-4-5-6-7-10-15-11(2)8-9-12(13)14-3/h8-9,11H,4-7,10H2,1-3H3/b9-8+/t11-/m1/s1. The zero-order valence-electron chi connectivity index (χ0n) is 9.99. The molecule has 0 saturated carbocycles. The van der Waals surface area contributed by atoms with Gasteiger partial charge in [-0.15, -0.1) is 0 Å². The highest BCUT2D eigenvalue weighted by molar-refractivity contribution is 8.00. The average molecular weight is 230 g/mol. The number of rotatable bonds is 8. The van der Waals surface area contributed by atoms with Gasteiger partial charge >= 0.3 is 5.97 Å². The van der Waals surface area contributed by atoms with Gasteiger partial charge in [0, 0.05) is 11.3 Å². The highest BCUT2D eigenvalue weighted by Gasteiger charge is 1.99. The van der Waals surface area contributed by atoms with Crippen molar-refractivity contribution in [2.24, 2.45) is 0 Å². The second-order valence-electron chi connectivity index (χ2n) is 3.52. The van der Waals surface area contributed by atoms with Crippen LogP contribution in [0.1, 0.15) is 39.5 Å². The molecule has 0 aromatic heterocycles. The molecule has 0 aliphatic heterocycles. The number of hydrogen-bond acceptors (Lipinski definition) is 3. The summed E-state index contributed by atoms with van der Waals surface area (Å²) in [7, 11) is 1.40. The Labute approximate surface area is 97.5 Å².